The fourth-order valence-corrected chi connectivity index (χ4v) is 5.03. The molecular formula is C24H29N5O2S. The Bertz CT molecular complexity index is 1080. The van der Waals surface area contributed by atoms with E-state index in [1.807, 2.05) is 61.8 Å². The molecular weight excluding hydrogens is 422 g/mol. The minimum Gasteiger partial charge on any atom is -0.494 e. The molecule has 32 heavy (non-hydrogen) atoms. The van der Waals surface area contributed by atoms with E-state index in [-0.39, 0.29) is 11.9 Å². The molecule has 0 saturated carbocycles. The van der Waals surface area contributed by atoms with Crippen LogP contribution in [0.2, 0.25) is 0 Å². The summed E-state index contributed by atoms with van der Waals surface area (Å²) in [6.07, 6.45) is 1.78. The van der Waals surface area contributed by atoms with Crippen molar-refractivity contribution < 1.29 is 9.53 Å². The largest absolute Gasteiger partial charge is 0.494 e. The Hall–Kier alpha value is -3.00. The molecule has 0 bridgehead atoms. The Balaban J connectivity index is 1.65. The molecule has 0 aliphatic carbocycles. The summed E-state index contributed by atoms with van der Waals surface area (Å²) in [5, 5.41) is 12.0. The monoisotopic (exact) mass is 451 g/mol. The van der Waals surface area contributed by atoms with E-state index in [9.17, 15) is 4.79 Å². The summed E-state index contributed by atoms with van der Waals surface area (Å²) < 4.78 is 7.52. The number of carbonyl (C=O) groups is 1. The van der Waals surface area contributed by atoms with Crippen molar-refractivity contribution >= 4 is 23.4 Å². The van der Waals surface area contributed by atoms with Crippen LogP contribution in [0.25, 0.3) is 0 Å². The number of thioether (sulfide) groups is 1. The summed E-state index contributed by atoms with van der Waals surface area (Å²) >= 11 is 1.44. The van der Waals surface area contributed by atoms with E-state index in [1.165, 1.54) is 11.8 Å². The highest BCUT2D eigenvalue weighted by molar-refractivity contribution is 8.00. The molecule has 3 aromatic rings. The van der Waals surface area contributed by atoms with E-state index >= 15 is 0 Å². The van der Waals surface area contributed by atoms with Crippen molar-refractivity contribution in [1.82, 2.24) is 14.9 Å². The van der Waals surface area contributed by atoms with Crippen LogP contribution < -0.4 is 15.5 Å². The molecule has 0 fully saturated rings. The Morgan fingerprint density at radius 1 is 1.12 bits per heavy atom. The molecule has 0 saturated heterocycles. The number of fused-ring (bicyclic) bond motifs is 1. The van der Waals surface area contributed by atoms with Crippen molar-refractivity contribution in [2.24, 2.45) is 0 Å². The second-order valence-electron chi connectivity index (χ2n) is 8.00. The molecule has 2 heterocycles. The molecule has 2 atom stereocenters. The Morgan fingerprint density at radius 2 is 1.84 bits per heavy atom. The number of carbonyl (C=O) groups excluding carboxylic acids is 1. The van der Waals surface area contributed by atoms with Gasteiger partial charge >= 0.3 is 0 Å². The molecule has 4 rings (SSSR count). The summed E-state index contributed by atoms with van der Waals surface area (Å²) in [5.74, 6) is 1.62. The SMILES string of the molecule is CCCc1nnc2n1N[C@H](c1ccc(OCC)cc1)[C@H](C(=O)Nc1cc(C)cc(C)c1)S2. The van der Waals surface area contributed by atoms with E-state index in [0.717, 1.165) is 46.8 Å². The van der Waals surface area contributed by atoms with Gasteiger partial charge in [-0.3, -0.25) is 4.79 Å². The summed E-state index contributed by atoms with van der Waals surface area (Å²) in [5.41, 5.74) is 7.54. The van der Waals surface area contributed by atoms with E-state index in [4.69, 9.17) is 4.74 Å². The van der Waals surface area contributed by atoms with E-state index < -0.39 is 5.25 Å². The normalized spacial score (nSPS) is 17.4. The predicted octanol–water partition coefficient (Wildman–Crippen LogP) is 4.64. The average Bonchev–Trinajstić information content (AvgIpc) is 3.15. The molecule has 1 aliphatic heterocycles. The van der Waals surface area contributed by atoms with Crippen LogP contribution in [0.3, 0.4) is 0 Å². The van der Waals surface area contributed by atoms with Crippen molar-refractivity contribution in [3.63, 3.8) is 0 Å². The first-order chi connectivity index (χ1) is 15.5. The van der Waals surface area contributed by atoms with Gasteiger partial charge in [0.25, 0.3) is 0 Å². The maximum absolute atomic E-state index is 13.4. The predicted molar refractivity (Wildman–Crippen MR) is 128 cm³/mol. The molecule has 0 unspecified atom stereocenters. The third-order valence-corrected chi connectivity index (χ3v) is 6.49. The first-order valence-corrected chi connectivity index (χ1v) is 11.9. The van der Waals surface area contributed by atoms with Gasteiger partial charge in [0.15, 0.2) is 5.82 Å². The van der Waals surface area contributed by atoms with Gasteiger partial charge in [0.05, 0.1) is 12.6 Å². The van der Waals surface area contributed by atoms with Crippen LogP contribution in [0, 0.1) is 13.8 Å². The molecule has 168 valence electrons. The highest BCUT2D eigenvalue weighted by atomic mass is 32.2. The molecule has 2 N–H and O–H groups in total. The lowest BCUT2D eigenvalue weighted by atomic mass is 10.0. The van der Waals surface area contributed by atoms with Crippen LogP contribution >= 0.6 is 11.8 Å². The van der Waals surface area contributed by atoms with Crippen LogP contribution in [0.4, 0.5) is 5.69 Å². The van der Waals surface area contributed by atoms with Gasteiger partial charge in [0.2, 0.25) is 11.1 Å². The van der Waals surface area contributed by atoms with Crippen LogP contribution in [0.1, 0.15) is 48.8 Å². The second-order valence-corrected chi connectivity index (χ2v) is 9.11. The maximum Gasteiger partial charge on any atom is 0.240 e. The number of anilines is 1. The van der Waals surface area contributed by atoms with E-state index in [1.54, 1.807) is 0 Å². The number of hydrogen-bond donors (Lipinski definition) is 2. The number of amides is 1. The van der Waals surface area contributed by atoms with Gasteiger partial charge in [-0.2, -0.15) is 0 Å². The van der Waals surface area contributed by atoms with Gasteiger partial charge in [-0.25, -0.2) is 4.68 Å². The zero-order valence-electron chi connectivity index (χ0n) is 18.9. The van der Waals surface area contributed by atoms with Crippen molar-refractivity contribution in [1.29, 1.82) is 0 Å². The minimum absolute atomic E-state index is 0.0716. The Morgan fingerprint density at radius 3 is 2.50 bits per heavy atom. The van der Waals surface area contributed by atoms with Crippen molar-refractivity contribution in [2.75, 3.05) is 17.3 Å². The number of nitrogens with one attached hydrogen (secondary N) is 2. The standard InChI is InChI=1S/C24H29N5O2S/c1-5-7-20-26-27-24-29(20)28-21(17-8-10-19(11-9-17)31-6-2)22(32-24)23(30)25-18-13-15(3)12-16(4)14-18/h8-14,21-22,28H,5-7H2,1-4H3,(H,25,30)/t21-,22-/m1/s1. The quantitative estimate of drug-likeness (QED) is 0.545. The van der Waals surface area contributed by atoms with Crippen molar-refractivity contribution in [3.05, 3.63) is 65.0 Å². The molecule has 7 nitrogen and oxygen atoms in total. The topological polar surface area (TPSA) is 81.1 Å². The number of aromatic nitrogens is 3. The molecule has 1 amide bonds. The molecule has 0 spiro atoms. The zero-order valence-corrected chi connectivity index (χ0v) is 19.7. The van der Waals surface area contributed by atoms with Crippen molar-refractivity contribution in [2.45, 2.75) is 57.0 Å². The summed E-state index contributed by atoms with van der Waals surface area (Å²) in [7, 11) is 0. The van der Waals surface area contributed by atoms with Crippen molar-refractivity contribution in [3.8, 4) is 5.75 Å². The summed E-state index contributed by atoms with van der Waals surface area (Å²) in [6, 6.07) is 13.7. The van der Waals surface area contributed by atoms with Gasteiger partial charge in [0, 0.05) is 12.1 Å². The van der Waals surface area contributed by atoms with Crippen LogP contribution in [0.5, 0.6) is 5.75 Å². The molecule has 0 radical (unpaired) electrons. The minimum atomic E-state index is -0.417. The Labute approximate surface area is 192 Å². The molecule has 2 aromatic carbocycles. The number of ether oxygens (including phenoxy) is 1. The molecule has 1 aromatic heterocycles. The fourth-order valence-electron chi connectivity index (χ4n) is 3.93. The van der Waals surface area contributed by atoms with Crippen LogP contribution in [0.15, 0.2) is 47.6 Å². The first kappa shape index (κ1) is 22.2. The number of hydrogen-bond acceptors (Lipinski definition) is 6. The van der Waals surface area contributed by atoms with Gasteiger partial charge < -0.3 is 15.5 Å². The highest BCUT2D eigenvalue weighted by Gasteiger charge is 2.37. The first-order valence-electron chi connectivity index (χ1n) is 11.0. The maximum atomic E-state index is 13.4. The van der Waals surface area contributed by atoms with E-state index in [2.05, 4.69) is 33.9 Å². The summed E-state index contributed by atoms with van der Waals surface area (Å²) in [6.45, 7) is 8.74. The second kappa shape index (κ2) is 9.65. The number of aryl methyl sites for hydroxylation is 3. The van der Waals surface area contributed by atoms with E-state index in [0.29, 0.717) is 11.8 Å². The third-order valence-electron chi connectivity index (χ3n) is 5.28. The third kappa shape index (κ3) is 4.75. The Kier molecular flexibility index (Phi) is 6.69. The van der Waals surface area contributed by atoms with Crippen LogP contribution in [-0.2, 0) is 11.2 Å². The van der Waals surface area contributed by atoms with Gasteiger partial charge in [-0.15, -0.1) is 10.2 Å². The zero-order chi connectivity index (χ0) is 22.7. The molecule has 8 heteroatoms. The van der Waals surface area contributed by atoms with Gasteiger partial charge in [0.1, 0.15) is 11.0 Å². The smallest absolute Gasteiger partial charge is 0.240 e. The lowest BCUT2D eigenvalue weighted by Crippen LogP contribution is -2.41. The highest BCUT2D eigenvalue weighted by Crippen LogP contribution is 2.38. The van der Waals surface area contributed by atoms with Gasteiger partial charge in [-0.05, 0) is 68.1 Å². The lowest BCUT2D eigenvalue weighted by Gasteiger charge is -2.33. The summed E-state index contributed by atoms with van der Waals surface area (Å²) in [4.78, 5) is 13.4. The van der Waals surface area contributed by atoms with Gasteiger partial charge in [-0.1, -0.05) is 36.9 Å². The fraction of sp³-hybridized carbons (Fsp3) is 0.375. The number of nitrogens with zero attached hydrogens (tertiary/aromatic N) is 3. The number of rotatable bonds is 7. The van der Waals surface area contributed by atoms with Crippen LogP contribution in [-0.4, -0.2) is 32.6 Å². The molecule has 1 aliphatic rings. The number of benzene rings is 2. The lowest BCUT2D eigenvalue weighted by molar-refractivity contribution is -0.116. The average molecular weight is 452 g/mol.